The fourth-order valence-electron chi connectivity index (χ4n) is 1.76. The minimum absolute atomic E-state index is 0.209. The molecule has 1 N–H and O–H groups in total. The Kier molecular flexibility index (Phi) is 6.11. The molecule has 0 aliphatic rings. The average Bonchev–Trinajstić information content (AvgIpc) is 2.45. The predicted octanol–water partition coefficient (Wildman–Crippen LogP) is 2.45. The topological polar surface area (TPSA) is 74.7 Å². The van der Waals surface area contributed by atoms with E-state index in [1.165, 1.54) is 22.5 Å². The van der Waals surface area contributed by atoms with Crippen LogP contribution in [0.1, 0.15) is 25.8 Å². The highest BCUT2D eigenvalue weighted by Gasteiger charge is 2.21. The van der Waals surface area contributed by atoms with Gasteiger partial charge < -0.3 is 5.11 Å². The fourth-order valence-corrected chi connectivity index (χ4v) is 3.06. The number of rotatable bonds is 7. The highest BCUT2D eigenvalue weighted by Crippen LogP contribution is 2.17. The van der Waals surface area contributed by atoms with Crippen molar-refractivity contribution in [2.75, 3.05) is 13.6 Å². The number of carbonyl (C=O) groups is 1. The Morgan fingerprint density at radius 1 is 1.33 bits per heavy atom. The van der Waals surface area contributed by atoms with Crippen molar-refractivity contribution >= 4 is 22.1 Å². The van der Waals surface area contributed by atoms with Crippen LogP contribution >= 0.6 is 0 Å². The summed E-state index contributed by atoms with van der Waals surface area (Å²) in [5, 5.41) is 8.55. The third-order valence-corrected chi connectivity index (χ3v) is 5.11. The number of carboxylic acids is 1. The normalized spacial score (nSPS) is 13.7. The van der Waals surface area contributed by atoms with Gasteiger partial charge in [-0.3, -0.25) is 0 Å². The van der Waals surface area contributed by atoms with Gasteiger partial charge in [0.15, 0.2) is 0 Å². The second-order valence-electron chi connectivity index (χ2n) is 5.04. The number of carboxylic acid groups (broad SMARTS) is 1. The van der Waals surface area contributed by atoms with Crippen molar-refractivity contribution in [3.8, 4) is 0 Å². The van der Waals surface area contributed by atoms with Gasteiger partial charge in [-0.05, 0) is 29.7 Å². The molecule has 1 atom stereocenters. The molecule has 1 unspecified atom stereocenters. The Balaban J connectivity index is 2.92. The Morgan fingerprint density at radius 3 is 2.38 bits per heavy atom. The molecule has 1 aromatic rings. The van der Waals surface area contributed by atoms with E-state index in [1.54, 1.807) is 19.2 Å². The number of aliphatic carboxylic acids is 1. The van der Waals surface area contributed by atoms with E-state index in [0.29, 0.717) is 18.0 Å². The molecule has 0 bridgehead atoms. The zero-order valence-electron chi connectivity index (χ0n) is 12.5. The van der Waals surface area contributed by atoms with E-state index in [9.17, 15) is 13.2 Å². The summed E-state index contributed by atoms with van der Waals surface area (Å²) in [5.74, 6) is -0.748. The first-order valence-corrected chi connectivity index (χ1v) is 8.18. The summed E-state index contributed by atoms with van der Waals surface area (Å²) in [5.41, 5.74) is 0.640. The SMILES string of the molecule is CCC(C)CN(C)S(=O)(=O)c1ccc(/C=C/C(=O)O)cc1. The molecule has 0 aliphatic heterocycles. The van der Waals surface area contributed by atoms with Crippen LogP contribution in [-0.4, -0.2) is 37.4 Å². The van der Waals surface area contributed by atoms with E-state index in [0.717, 1.165) is 12.5 Å². The van der Waals surface area contributed by atoms with Gasteiger partial charge >= 0.3 is 5.97 Å². The molecule has 0 saturated heterocycles. The van der Waals surface area contributed by atoms with Gasteiger partial charge in [0.1, 0.15) is 0 Å². The predicted molar refractivity (Wildman–Crippen MR) is 82.4 cm³/mol. The van der Waals surface area contributed by atoms with E-state index in [-0.39, 0.29) is 4.90 Å². The number of nitrogens with zero attached hydrogens (tertiary/aromatic N) is 1. The van der Waals surface area contributed by atoms with Gasteiger partial charge in [0.25, 0.3) is 0 Å². The van der Waals surface area contributed by atoms with E-state index >= 15 is 0 Å². The molecule has 0 aromatic heterocycles. The quantitative estimate of drug-likeness (QED) is 0.785. The Hall–Kier alpha value is -1.66. The van der Waals surface area contributed by atoms with Crippen molar-refractivity contribution in [3.05, 3.63) is 35.9 Å². The van der Waals surface area contributed by atoms with Crippen LogP contribution in [0.15, 0.2) is 35.2 Å². The average molecular weight is 311 g/mol. The van der Waals surface area contributed by atoms with Crippen molar-refractivity contribution in [3.63, 3.8) is 0 Å². The minimum Gasteiger partial charge on any atom is -0.478 e. The highest BCUT2D eigenvalue weighted by molar-refractivity contribution is 7.89. The summed E-state index contributed by atoms with van der Waals surface area (Å²) < 4.78 is 26.1. The van der Waals surface area contributed by atoms with Gasteiger partial charge in [0.05, 0.1) is 4.90 Å². The molecule has 0 amide bonds. The standard InChI is InChI=1S/C15H21NO4S/c1-4-12(2)11-16(3)21(19,20)14-8-5-13(6-9-14)7-10-15(17)18/h5-10,12H,4,11H2,1-3H3,(H,17,18)/b10-7+. The number of hydrogen-bond acceptors (Lipinski definition) is 3. The van der Waals surface area contributed by atoms with Crippen LogP contribution in [0.3, 0.4) is 0 Å². The van der Waals surface area contributed by atoms with Crippen LogP contribution in [-0.2, 0) is 14.8 Å². The van der Waals surface area contributed by atoms with Gasteiger partial charge in [0.2, 0.25) is 10.0 Å². The van der Waals surface area contributed by atoms with Crippen LogP contribution in [0.2, 0.25) is 0 Å². The summed E-state index contributed by atoms with van der Waals surface area (Å²) >= 11 is 0. The number of sulfonamides is 1. The van der Waals surface area contributed by atoms with Gasteiger partial charge in [-0.15, -0.1) is 0 Å². The first-order chi connectivity index (χ1) is 9.77. The number of benzene rings is 1. The fraction of sp³-hybridized carbons (Fsp3) is 0.400. The zero-order chi connectivity index (χ0) is 16.0. The van der Waals surface area contributed by atoms with Crippen molar-refractivity contribution in [1.82, 2.24) is 4.31 Å². The third-order valence-electron chi connectivity index (χ3n) is 3.27. The molecular weight excluding hydrogens is 290 g/mol. The second-order valence-corrected chi connectivity index (χ2v) is 7.08. The molecule has 21 heavy (non-hydrogen) atoms. The second kappa shape index (κ2) is 7.38. The smallest absolute Gasteiger partial charge is 0.328 e. The van der Waals surface area contributed by atoms with Crippen molar-refractivity contribution < 1.29 is 18.3 Å². The first-order valence-electron chi connectivity index (χ1n) is 6.74. The molecule has 1 aromatic carbocycles. The Bertz CT molecular complexity index is 605. The lowest BCUT2D eigenvalue weighted by Crippen LogP contribution is -2.31. The van der Waals surface area contributed by atoms with E-state index < -0.39 is 16.0 Å². The van der Waals surface area contributed by atoms with Crippen molar-refractivity contribution in [2.45, 2.75) is 25.2 Å². The molecule has 5 nitrogen and oxygen atoms in total. The molecule has 0 fully saturated rings. The zero-order valence-corrected chi connectivity index (χ0v) is 13.3. The summed E-state index contributed by atoms with van der Waals surface area (Å²) in [7, 11) is -1.93. The Morgan fingerprint density at radius 2 is 1.90 bits per heavy atom. The summed E-state index contributed by atoms with van der Waals surface area (Å²) in [6, 6.07) is 6.15. The van der Waals surface area contributed by atoms with Crippen LogP contribution in [0, 0.1) is 5.92 Å². The first kappa shape index (κ1) is 17.4. The van der Waals surface area contributed by atoms with Gasteiger partial charge in [-0.1, -0.05) is 32.4 Å². The largest absolute Gasteiger partial charge is 0.478 e. The Labute approximate surface area is 126 Å². The molecule has 0 heterocycles. The maximum atomic E-state index is 12.4. The summed E-state index contributed by atoms with van der Waals surface area (Å²) in [6.07, 6.45) is 3.35. The molecule has 0 saturated carbocycles. The van der Waals surface area contributed by atoms with Gasteiger partial charge in [-0.25, -0.2) is 17.5 Å². The monoisotopic (exact) mass is 311 g/mol. The lowest BCUT2D eigenvalue weighted by atomic mass is 10.1. The summed E-state index contributed by atoms with van der Waals surface area (Å²) in [4.78, 5) is 10.6. The molecule has 6 heteroatoms. The maximum absolute atomic E-state index is 12.4. The van der Waals surface area contributed by atoms with Crippen LogP contribution < -0.4 is 0 Å². The van der Waals surface area contributed by atoms with Gasteiger partial charge in [0, 0.05) is 19.7 Å². The highest BCUT2D eigenvalue weighted by atomic mass is 32.2. The van der Waals surface area contributed by atoms with E-state index in [2.05, 4.69) is 0 Å². The summed E-state index contributed by atoms with van der Waals surface area (Å²) in [6.45, 7) is 4.50. The van der Waals surface area contributed by atoms with Crippen molar-refractivity contribution in [1.29, 1.82) is 0 Å². The maximum Gasteiger partial charge on any atom is 0.328 e. The third kappa shape index (κ3) is 4.99. The molecule has 0 aliphatic carbocycles. The van der Waals surface area contributed by atoms with Crippen LogP contribution in [0.4, 0.5) is 0 Å². The van der Waals surface area contributed by atoms with Crippen LogP contribution in [0.25, 0.3) is 6.08 Å². The molecule has 0 radical (unpaired) electrons. The molecule has 116 valence electrons. The molecule has 0 spiro atoms. The van der Waals surface area contributed by atoms with E-state index in [4.69, 9.17) is 5.11 Å². The molecule has 1 rings (SSSR count). The van der Waals surface area contributed by atoms with E-state index in [1.807, 2.05) is 13.8 Å². The molecular formula is C15H21NO4S. The number of hydrogen-bond donors (Lipinski definition) is 1. The lowest BCUT2D eigenvalue weighted by Gasteiger charge is -2.20. The van der Waals surface area contributed by atoms with Crippen molar-refractivity contribution in [2.24, 2.45) is 5.92 Å². The minimum atomic E-state index is -3.50. The lowest BCUT2D eigenvalue weighted by molar-refractivity contribution is -0.131. The van der Waals surface area contributed by atoms with Crippen LogP contribution in [0.5, 0.6) is 0 Å². The van der Waals surface area contributed by atoms with Gasteiger partial charge in [-0.2, -0.15) is 0 Å².